The summed E-state index contributed by atoms with van der Waals surface area (Å²) >= 11 is 0. The van der Waals surface area contributed by atoms with Gasteiger partial charge in [-0.25, -0.2) is 0 Å². The van der Waals surface area contributed by atoms with Gasteiger partial charge in [0.2, 0.25) is 11.8 Å². The van der Waals surface area contributed by atoms with Crippen molar-refractivity contribution in [3.63, 3.8) is 0 Å². The Morgan fingerprint density at radius 1 is 1.00 bits per heavy atom. The van der Waals surface area contributed by atoms with Gasteiger partial charge in [0.15, 0.2) is 0 Å². The van der Waals surface area contributed by atoms with E-state index in [1.807, 2.05) is 73.8 Å². The van der Waals surface area contributed by atoms with Crippen molar-refractivity contribution in [1.82, 2.24) is 15.6 Å². The Labute approximate surface area is 198 Å². The molecule has 172 valence electrons. The summed E-state index contributed by atoms with van der Waals surface area (Å²) in [5.74, 6) is -0.404. The van der Waals surface area contributed by atoms with E-state index in [-0.39, 0.29) is 17.9 Å². The van der Waals surface area contributed by atoms with Gasteiger partial charge in [-0.15, -0.1) is 0 Å². The van der Waals surface area contributed by atoms with E-state index in [9.17, 15) is 9.59 Å². The van der Waals surface area contributed by atoms with Gasteiger partial charge in [0, 0.05) is 35.8 Å². The highest BCUT2D eigenvalue weighted by Gasteiger charge is 2.29. The van der Waals surface area contributed by atoms with Gasteiger partial charge in [-0.05, 0) is 53.8 Å². The van der Waals surface area contributed by atoms with E-state index in [1.165, 1.54) is 11.1 Å². The molecule has 4 N–H and O–H groups in total. The second kappa shape index (κ2) is 9.53. The van der Waals surface area contributed by atoms with Gasteiger partial charge >= 0.3 is 0 Å². The second-order valence-corrected chi connectivity index (χ2v) is 8.89. The largest absolute Gasteiger partial charge is 0.361 e. The molecule has 0 saturated heterocycles. The van der Waals surface area contributed by atoms with Crippen LogP contribution >= 0.6 is 0 Å². The third-order valence-corrected chi connectivity index (χ3v) is 6.42. The van der Waals surface area contributed by atoms with Crippen LogP contribution in [0.1, 0.15) is 22.3 Å². The van der Waals surface area contributed by atoms with Crippen molar-refractivity contribution in [3.05, 3.63) is 101 Å². The van der Waals surface area contributed by atoms with Crippen LogP contribution in [-0.4, -0.2) is 28.9 Å². The van der Waals surface area contributed by atoms with Gasteiger partial charge in [-0.2, -0.15) is 0 Å². The highest BCUT2D eigenvalue weighted by atomic mass is 16.2. The predicted octanol–water partition coefficient (Wildman–Crippen LogP) is 3.86. The highest BCUT2D eigenvalue weighted by Crippen LogP contribution is 2.21. The van der Waals surface area contributed by atoms with E-state index < -0.39 is 6.04 Å². The van der Waals surface area contributed by atoms with E-state index in [4.69, 9.17) is 0 Å². The molecule has 0 bridgehead atoms. The monoisotopic (exact) mass is 452 g/mol. The van der Waals surface area contributed by atoms with Crippen molar-refractivity contribution >= 4 is 28.4 Å². The van der Waals surface area contributed by atoms with Gasteiger partial charge in [-0.1, -0.05) is 54.6 Å². The minimum Gasteiger partial charge on any atom is -0.361 e. The summed E-state index contributed by atoms with van der Waals surface area (Å²) < 4.78 is 0. The molecule has 1 aliphatic heterocycles. The summed E-state index contributed by atoms with van der Waals surface area (Å²) in [5, 5.41) is 10.4. The van der Waals surface area contributed by atoms with Crippen molar-refractivity contribution in [2.45, 2.75) is 38.4 Å². The minimum atomic E-state index is -0.716. The Morgan fingerprint density at radius 2 is 1.79 bits per heavy atom. The molecule has 0 spiro atoms. The van der Waals surface area contributed by atoms with Crippen LogP contribution in [0, 0.1) is 6.92 Å². The maximum absolute atomic E-state index is 13.3. The fourth-order valence-corrected chi connectivity index (χ4v) is 4.59. The molecule has 6 heteroatoms. The van der Waals surface area contributed by atoms with Gasteiger partial charge in [0.25, 0.3) is 0 Å². The van der Waals surface area contributed by atoms with Gasteiger partial charge in [0.05, 0.1) is 6.04 Å². The number of rotatable bonds is 6. The van der Waals surface area contributed by atoms with E-state index in [2.05, 4.69) is 33.1 Å². The number of para-hydroxylation sites is 1. The molecule has 0 radical (unpaired) electrons. The molecule has 0 fully saturated rings. The van der Waals surface area contributed by atoms with Crippen LogP contribution < -0.4 is 16.0 Å². The number of hydrogen-bond acceptors (Lipinski definition) is 3. The second-order valence-electron chi connectivity index (χ2n) is 8.89. The van der Waals surface area contributed by atoms with Crippen LogP contribution in [0.2, 0.25) is 0 Å². The average molecular weight is 453 g/mol. The van der Waals surface area contributed by atoms with Crippen LogP contribution in [-0.2, 0) is 29.0 Å². The Kier molecular flexibility index (Phi) is 6.14. The quantitative estimate of drug-likeness (QED) is 0.358. The molecule has 1 aliphatic rings. The first-order chi connectivity index (χ1) is 16.6. The summed E-state index contributed by atoms with van der Waals surface area (Å²) in [6.45, 7) is 2.62. The molecule has 5 rings (SSSR count). The molecule has 2 amide bonds. The maximum atomic E-state index is 13.3. The number of nitrogens with one attached hydrogen (secondary N) is 4. The van der Waals surface area contributed by atoms with Crippen LogP contribution in [0.4, 0.5) is 5.69 Å². The highest BCUT2D eigenvalue weighted by molar-refractivity contribution is 5.98. The molecule has 2 heterocycles. The zero-order valence-corrected chi connectivity index (χ0v) is 19.1. The molecule has 4 aromatic rings. The molecular formula is C28H28N4O2. The predicted molar refractivity (Wildman–Crippen MR) is 135 cm³/mol. The lowest BCUT2D eigenvalue weighted by molar-refractivity contribution is -0.128. The standard InChI is InChI=1S/C28H28N4O2/c1-18-7-6-10-22(13-18)31-28(34)26(15-21-17-29-24-12-5-4-11-23(21)24)32-27(33)25-14-19-8-2-3-9-20(19)16-30-25/h2-13,17,25-26,29-30H,14-16H2,1H3,(H,31,34)(H,32,33)/t25-,26-/m1/s1. The molecule has 34 heavy (non-hydrogen) atoms. The van der Waals surface area contributed by atoms with Crippen molar-refractivity contribution in [1.29, 1.82) is 0 Å². The van der Waals surface area contributed by atoms with Crippen LogP contribution in [0.25, 0.3) is 10.9 Å². The molecule has 3 aromatic carbocycles. The van der Waals surface area contributed by atoms with Crippen molar-refractivity contribution in [2.75, 3.05) is 5.32 Å². The molecular weight excluding hydrogens is 424 g/mol. The number of benzene rings is 3. The summed E-state index contributed by atoms with van der Waals surface area (Å²) in [7, 11) is 0. The van der Waals surface area contributed by atoms with Crippen molar-refractivity contribution in [2.24, 2.45) is 0 Å². The van der Waals surface area contributed by atoms with Crippen molar-refractivity contribution in [3.8, 4) is 0 Å². The van der Waals surface area contributed by atoms with E-state index in [1.54, 1.807) is 0 Å². The number of H-pyrrole nitrogens is 1. The first kappa shape index (κ1) is 21.9. The average Bonchev–Trinajstić information content (AvgIpc) is 3.26. The lowest BCUT2D eigenvalue weighted by atomic mass is 9.95. The number of carbonyl (C=O) groups is 2. The number of anilines is 1. The Balaban J connectivity index is 1.37. The molecule has 0 saturated carbocycles. The fraction of sp³-hybridized carbons (Fsp3) is 0.214. The Hall–Kier alpha value is -3.90. The number of carbonyl (C=O) groups excluding carboxylic acids is 2. The molecule has 2 atom stereocenters. The van der Waals surface area contributed by atoms with Crippen LogP contribution in [0.15, 0.2) is 79.0 Å². The summed E-state index contributed by atoms with van der Waals surface area (Å²) in [6, 6.07) is 22.7. The van der Waals surface area contributed by atoms with Crippen molar-refractivity contribution < 1.29 is 9.59 Å². The number of fused-ring (bicyclic) bond motifs is 2. The Bertz CT molecular complexity index is 1340. The number of amides is 2. The number of hydrogen-bond donors (Lipinski definition) is 4. The third-order valence-electron chi connectivity index (χ3n) is 6.42. The molecule has 0 unspecified atom stereocenters. The lowest BCUT2D eigenvalue weighted by Crippen LogP contribution is -2.53. The zero-order chi connectivity index (χ0) is 23.5. The van der Waals surface area contributed by atoms with E-state index >= 15 is 0 Å². The molecule has 1 aromatic heterocycles. The summed E-state index contributed by atoms with van der Waals surface area (Å²) in [5.41, 5.74) is 6.14. The Morgan fingerprint density at radius 3 is 2.65 bits per heavy atom. The van der Waals surface area contributed by atoms with Gasteiger partial charge in [-0.3, -0.25) is 9.59 Å². The topological polar surface area (TPSA) is 86.0 Å². The zero-order valence-electron chi connectivity index (χ0n) is 19.1. The SMILES string of the molecule is Cc1cccc(NC(=O)[C@@H](Cc2c[nH]c3ccccc23)NC(=O)[C@H]2Cc3ccccc3CN2)c1. The fourth-order valence-electron chi connectivity index (χ4n) is 4.59. The van der Waals surface area contributed by atoms with Crippen LogP contribution in [0.5, 0.6) is 0 Å². The van der Waals surface area contributed by atoms with Gasteiger partial charge < -0.3 is 20.9 Å². The van der Waals surface area contributed by atoms with E-state index in [0.717, 1.165) is 22.0 Å². The third kappa shape index (κ3) is 4.72. The number of aromatic nitrogens is 1. The van der Waals surface area contributed by atoms with Gasteiger partial charge in [0.1, 0.15) is 6.04 Å². The number of aryl methyl sites for hydroxylation is 1. The maximum Gasteiger partial charge on any atom is 0.247 e. The molecule has 0 aliphatic carbocycles. The number of aromatic amines is 1. The normalized spacial score (nSPS) is 16.0. The van der Waals surface area contributed by atoms with Crippen LogP contribution in [0.3, 0.4) is 0 Å². The minimum absolute atomic E-state index is 0.168. The lowest BCUT2D eigenvalue weighted by Gasteiger charge is -2.27. The first-order valence-electron chi connectivity index (χ1n) is 11.6. The van der Waals surface area contributed by atoms with E-state index in [0.29, 0.717) is 25.1 Å². The summed E-state index contributed by atoms with van der Waals surface area (Å²) in [6.07, 6.45) is 2.90. The smallest absolute Gasteiger partial charge is 0.247 e. The molecule has 6 nitrogen and oxygen atoms in total. The summed E-state index contributed by atoms with van der Waals surface area (Å²) in [4.78, 5) is 29.9. The first-order valence-corrected chi connectivity index (χ1v) is 11.6.